The van der Waals surface area contributed by atoms with Crippen molar-refractivity contribution in [1.82, 2.24) is 0 Å². The second-order valence-corrected chi connectivity index (χ2v) is 4.93. The van der Waals surface area contributed by atoms with Crippen molar-refractivity contribution >= 4 is 21.5 Å². The maximum absolute atomic E-state index is 2.27. The van der Waals surface area contributed by atoms with Crippen LogP contribution in [0, 0.1) is 0 Å². The van der Waals surface area contributed by atoms with Gasteiger partial charge < -0.3 is 24.8 Å². The van der Waals surface area contributed by atoms with E-state index in [-0.39, 0.29) is 51.0 Å². The Bertz CT molecular complexity index is 848. The first kappa shape index (κ1) is 19.0. The number of hydrogen-bond acceptors (Lipinski definition) is 0. The summed E-state index contributed by atoms with van der Waals surface area (Å²) in [6.45, 7) is 0. The fraction of sp³-hybridized carbons (Fsp3) is 0. The second kappa shape index (κ2) is 8.02. The topological polar surface area (TPSA) is 0 Å². The predicted octanol–water partition coefficient (Wildman–Crippen LogP) is -0.616. The van der Waals surface area contributed by atoms with Crippen LogP contribution in [0.25, 0.3) is 32.7 Å². The van der Waals surface area contributed by atoms with Gasteiger partial charge in [0.2, 0.25) is 0 Å². The van der Waals surface area contributed by atoms with Crippen LogP contribution in [0.15, 0.2) is 78.9 Å². The summed E-state index contributed by atoms with van der Waals surface area (Å²) in [6, 6.07) is 28.2. The minimum Gasteiger partial charge on any atom is -1.00 e. The Morgan fingerprint density at radius 1 is 0.591 bits per heavy atom. The van der Waals surface area contributed by atoms with Crippen molar-refractivity contribution < 1.29 is 51.0 Å². The largest absolute Gasteiger partial charge is 3.00 e. The van der Waals surface area contributed by atoms with E-state index in [1.54, 1.807) is 0 Å². The standard InChI is InChI=1S/C19H13.2ClH.Zr/c1-2-6-15-11-18(10-9-14(15)5-1)19-12-16-7-3-4-8-17(16)13-19;;;/h1-13H;2*1H;/q-1;;;+3/p-2. The van der Waals surface area contributed by atoms with Crippen LogP contribution < -0.4 is 24.8 Å². The molecule has 0 amide bonds. The number of benzene rings is 3. The van der Waals surface area contributed by atoms with Gasteiger partial charge in [-0.3, -0.25) is 0 Å². The summed E-state index contributed by atoms with van der Waals surface area (Å²) in [7, 11) is 0. The van der Waals surface area contributed by atoms with E-state index in [0.717, 1.165) is 0 Å². The molecular formula is C19H13Cl2Zr. The number of rotatable bonds is 1. The third kappa shape index (κ3) is 3.49. The van der Waals surface area contributed by atoms with Gasteiger partial charge in [-0.1, -0.05) is 66.2 Å². The zero-order valence-corrected chi connectivity index (χ0v) is 15.7. The monoisotopic (exact) mass is 401 g/mol. The van der Waals surface area contributed by atoms with E-state index >= 15 is 0 Å². The molecule has 0 saturated carbocycles. The molecule has 0 bridgehead atoms. The van der Waals surface area contributed by atoms with E-state index in [2.05, 4.69) is 78.9 Å². The maximum Gasteiger partial charge on any atom is 3.00 e. The number of halogens is 2. The molecule has 0 aliphatic heterocycles. The summed E-state index contributed by atoms with van der Waals surface area (Å²) in [6.07, 6.45) is 0. The van der Waals surface area contributed by atoms with E-state index < -0.39 is 0 Å². The third-order valence-electron chi connectivity index (χ3n) is 3.70. The Labute approximate surface area is 161 Å². The molecule has 4 rings (SSSR count). The van der Waals surface area contributed by atoms with Gasteiger partial charge in [-0.15, -0.1) is 34.5 Å². The van der Waals surface area contributed by atoms with Gasteiger partial charge in [0, 0.05) is 0 Å². The quantitative estimate of drug-likeness (QED) is 0.372. The van der Waals surface area contributed by atoms with Crippen LogP contribution in [0.4, 0.5) is 0 Å². The molecule has 0 spiro atoms. The molecular weight excluding hydrogens is 390 g/mol. The van der Waals surface area contributed by atoms with E-state index in [1.165, 1.54) is 32.7 Å². The summed E-state index contributed by atoms with van der Waals surface area (Å²) in [5.74, 6) is 0. The van der Waals surface area contributed by atoms with Crippen molar-refractivity contribution in [3.05, 3.63) is 78.9 Å². The molecule has 22 heavy (non-hydrogen) atoms. The molecule has 3 heteroatoms. The fourth-order valence-corrected chi connectivity index (χ4v) is 2.69. The van der Waals surface area contributed by atoms with Crippen LogP contribution in [0.3, 0.4) is 0 Å². The molecule has 0 unspecified atom stereocenters. The van der Waals surface area contributed by atoms with Crippen molar-refractivity contribution in [3.8, 4) is 11.1 Å². The first-order valence-corrected chi connectivity index (χ1v) is 6.55. The first-order valence-electron chi connectivity index (χ1n) is 6.55. The molecule has 107 valence electrons. The van der Waals surface area contributed by atoms with Crippen LogP contribution in [-0.2, 0) is 26.2 Å². The SMILES string of the molecule is [Cl-].[Cl-].[Zr+3].c1ccc2cc(-c3cc4ccccc4[cH-]3)ccc2c1. The average molecular weight is 403 g/mol. The Morgan fingerprint density at radius 3 is 1.95 bits per heavy atom. The Hall–Kier alpha value is -1.01. The van der Waals surface area contributed by atoms with E-state index in [4.69, 9.17) is 0 Å². The smallest absolute Gasteiger partial charge is 1.00 e. The van der Waals surface area contributed by atoms with Gasteiger partial charge in [0.1, 0.15) is 0 Å². The minimum atomic E-state index is 0. The number of hydrogen-bond donors (Lipinski definition) is 0. The van der Waals surface area contributed by atoms with Gasteiger partial charge in [-0.2, -0.15) is 0 Å². The molecule has 0 nitrogen and oxygen atoms in total. The molecule has 0 saturated heterocycles. The van der Waals surface area contributed by atoms with Crippen molar-refractivity contribution in [3.63, 3.8) is 0 Å². The van der Waals surface area contributed by atoms with Gasteiger partial charge in [-0.05, 0) is 10.8 Å². The molecule has 0 aliphatic carbocycles. The minimum absolute atomic E-state index is 0. The third-order valence-corrected chi connectivity index (χ3v) is 3.70. The molecule has 0 aromatic heterocycles. The fourth-order valence-electron chi connectivity index (χ4n) is 2.69. The summed E-state index contributed by atoms with van der Waals surface area (Å²) in [5.41, 5.74) is 2.59. The molecule has 0 N–H and O–H groups in total. The Morgan fingerprint density at radius 2 is 1.23 bits per heavy atom. The van der Waals surface area contributed by atoms with Crippen LogP contribution in [0.2, 0.25) is 0 Å². The average Bonchev–Trinajstić information content (AvgIpc) is 2.90. The first-order chi connectivity index (χ1) is 9.40. The van der Waals surface area contributed by atoms with E-state index in [1.807, 2.05) is 0 Å². The van der Waals surface area contributed by atoms with Crippen molar-refractivity contribution in [1.29, 1.82) is 0 Å². The van der Waals surface area contributed by atoms with E-state index in [0.29, 0.717) is 0 Å². The van der Waals surface area contributed by atoms with Crippen LogP contribution in [0.1, 0.15) is 0 Å². The maximum atomic E-state index is 2.27. The summed E-state index contributed by atoms with van der Waals surface area (Å²) < 4.78 is 0. The molecule has 0 fully saturated rings. The molecule has 4 aromatic carbocycles. The van der Waals surface area contributed by atoms with Gasteiger partial charge in [0.15, 0.2) is 0 Å². The summed E-state index contributed by atoms with van der Waals surface area (Å²) >= 11 is 0. The molecule has 0 aliphatic rings. The Balaban J connectivity index is 0.000000807. The van der Waals surface area contributed by atoms with Gasteiger partial charge >= 0.3 is 26.2 Å². The molecule has 1 radical (unpaired) electrons. The zero-order chi connectivity index (χ0) is 12.7. The van der Waals surface area contributed by atoms with Crippen molar-refractivity contribution in [2.75, 3.05) is 0 Å². The van der Waals surface area contributed by atoms with Crippen LogP contribution in [0.5, 0.6) is 0 Å². The van der Waals surface area contributed by atoms with Crippen LogP contribution >= 0.6 is 0 Å². The predicted molar refractivity (Wildman–Crippen MR) is 82.5 cm³/mol. The van der Waals surface area contributed by atoms with E-state index in [9.17, 15) is 0 Å². The summed E-state index contributed by atoms with van der Waals surface area (Å²) in [5, 5.41) is 5.21. The second-order valence-electron chi connectivity index (χ2n) is 4.93. The van der Waals surface area contributed by atoms with Crippen molar-refractivity contribution in [2.45, 2.75) is 0 Å². The van der Waals surface area contributed by atoms with Gasteiger partial charge in [0.05, 0.1) is 0 Å². The van der Waals surface area contributed by atoms with Crippen LogP contribution in [-0.4, -0.2) is 0 Å². The molecule has 0 heterocycles. The molecule has 0 atom stereocenters. The zero-order valence-electron chi connectivity index (χ0n) is 11.8. The van der Waals surface area contributed by atoms with Gasteiger partial charge in [-0.25, -0.2) is 0 Å². The normalized spacial score (nSPS) is 9.64. The number of fused-ring (bicyclic) bond motifs is 2. The van der Waals surface area contributed by atoms with Gasteiger partial charge in [0.25, 0.3) is 0 Å². The Kier molecular flexibility index (Phi) is 6.94. The summed E-state index contributed by atoms with van der Waals surface area (Å²) in [4.78, 5) is 0. The van der Waals surface area contributed by atoms with Crippen molar-refractivity contribution in [2.24, 2.45) is 0 Å². The molecule has 4 aromatic rings.